The molecule has 0 aliphatic carbocycles. The Morgan fingerprint density at radius 1 is 0.929 bits per heavy atom. The number of carbonyl (C=O) groups is 1. The lowest BCUT2D eigenvalue weighted by Crippen LogP contribution is -2.42. The van der Waals surface area contributed by atoms with E-state index in [-0.39, 0.29) is 11.9 Å². The topological polar surface area (TPSA) is 32.3 Å². The Hall–Kier alpha value is -2.13. The second-order valence-corrected chi connectivity index (χ2v) is 8.94. The van der Waals surface area contributed by atoms with Crippen molar-refractivity contribution in [1.82, 2.24) is 10.2 Å². The molecule has 3 nitrogen and oxygen atoms in total. The molecule has 2 aromatic rings. The summed E-state index contributed by atoms with van der Waals surface area (Å²) in [5.41, 5.74) is 4.32. The average Bonchev–Trinajstić information content (AvgIpc) is 2.60. The summed E-state index contributed by atoms with van der Waals surface area (Å²) >= 11 is 0. The van der Waals surface area contributed by atoms with Crippen molar-refractivity contribution in [3.05, 3.63) is 59.7 Å². The van der Waals surface area contributed by atoms with Crippen LogP contribution in [0.5, 0.6) is 0 Å². The first kappa shape index (κ1) is 22.2. The van der Waals surface area contributed by atoms with Crippen LogP contribution in [0.15, 0.2) is 48.5 Å². The number of nitrogens with one attached hydrogen (secondary N) is 1. The second kappa shape index (κ2) is 10.4. The highest BCUT2D eigenvalue weighted by Gasteiger charge is 2.16. The molecule has 1 amide bonds. The van der Waals surface area contributed by atoms with Crippen molar-refractivity contribution in [2.75, 3.05) is 20.6 Å². The fourth-order valence-electron chi connectivity index (χ4n) is 3.65. The molecule has 152 valence electrons. The Bertz CT molecular complexity index is 755. The van der Waals surface area contributed by atoms with E-state index < -0.39 is 0 Å². The van der Waals surface area contributed by atoms with Crippen molar-refractivity contribution in [2.45, 2.75) is 46.6 Å². The summed E-state index contributed by atoms with van der Waals surface area (Å²) in [5.74, 6) is 1.18. The highest BCUT2D eigenvalue weighted by atomic mass is 16.1. The number of hydrogen-bond donors (Lipinski definition) is 1. The average molecular weight is 381 g/mol. The first-order valence-electron chi connectivity index (χ1n) is 10.4. The van der Waals surface area contributed by atoms with Gasteiger partial charge in [-0.25, -0.2) is 0 Å². The second-order valence-electron chi connectivity index (χ2n) is 8.94. The van der Waals surface area contributed by atoms with Gasteiger partial charge in [-0.1, -0.05) is 64.1 Å². The van der Waals surface area contributed by atoms with E-state index in [0.717, 1.165) is 30.5 Å². The first-order chi connectivity index (χ1) is 13.2. The standard InChI is InChI=1S/C25H36N2O/c1-18(2)13-20-9-7-10-21(15-20)22-11-8-12-23(16-22)25(28)26-24(14-19(3)4)17-27(5)6/h7-12,15-16,18-19,24H,13-14,17H2,1-6H3,(H,26,28)/t24-/m0/s1. The normalized spacial score (nSPS) is 12.6. The minimum Gasteiger partial charge on any atom is -0.348 e. The summed E-state index contributed by atoms with van der Waals surface area (Å²) < 4.78 is 0. The molecule has 2 rings (SSSR count). The van der Waals surface area contributed by atoms with E-state index >= 15 is 0 Å². The van der Waals surface area contributed by atoms with Gasteiger partial charge in [0.25, 0.3) is 5.91 Å². The summed E-state index contributed by atoms with van der Waals surface area (Å²) in [7, 11) is 4.09. The first-order valence-corrected chi connectivity index (χ1v) is 10.4. The molecule has 0 fully saturated rings. The van der Waals surface area contributed by atoms with Gasteiger partial charge in [-0.05, 0) is 67.6 Å². The van der Waals surface area contributed by atoms with Crippen LogP contribution >= 0.6 is 0 Å². The minimum atomic E-state index is 0.00712. The van der Waals surface area contributed by atoms with E-state index in [1.165, 1.54) is 11.1 Å². The van der Waals surface area contributed by atoms with Gasteiger partial charge in [0.05, 0.1) is 0 Å². The van der Waals surface area contributed by atoms with Crippen LogP contribution in [0, 0.1) is 11.8 Å². The lowest BCUT2D eigenvalue weighted by Gasteiger charge is -2.24. The molecule has 0 saturated heterocycles. The zero-order valence-corrected chi connectivity index (χ0v) is 18.3. The van der Waals surface area contributed by atoms with Crippen molar-refractivity contribution in [1.29, 1.82) is 0 Å². The molecule has 0 heterocycles. The maximum Gasteiger partial charge on any atom is 0.251 e. The molecule has 0 bridgehead atoms. The third-order valence-corrected chi connectivity index (χ3v) is 4.71. The largest absolute Gasteiger partial charge is 0.348 e. The molecule has 28 heavy (non-hydrogen) atoms. The minimum absolute atomic E-state index is 0.00712. The molecule has 3 heteroatoms. The smallest absolute Gasteiger partial charge is 0.251 e. The third-order valence-electron chi connectivity index (χ3n) is 4.71. The summed E-state index contributed by atoms with van der Waals surface area (Å²) in [6.45, 7) is 9.71. The van der Waals surface area contributed by atoms with E-state index in [2.05, 4.69) is 68.2 Å². The molecule has 0 aliphatic rings. The van der Waals surface area contributed by atoms with Crippen LogP contribution in [-0.2, 0) is 6.42 Å². The van der Waals surface area contributed by atoms with Crippen LogP contribution < -0.4 is 5.32 Å². The number of nitrogens with zero attached hydrogens (tertiary/aromatic N) is 1. The lowest BCUT2D eigenvalue weighted by atomic mass is 9.97. The van der Waals surface area contributed by atoms with Crippen molar-refractivity contribution in [3.8, 4) is 11.1 Å². The summed E-state index contributed by atoms with van der Waals surface area (Å²) in [4.78, 5) is 15.0. The fraction of sp³-hybridized carbons (Fsp3) is 0.480. The Labute approximate surface area is 171 Å². The Kier molecular flexibility index (Phi) is 8.25. The Morgan fingerprint density at radius 3 is 2.18 bits per heavy atom. The number of likely N-dealkylation sites (N-methyl/N-ethyl adjacent to an activating group) is 1. The maximum atomic E-state index is 12.9. The number of benzene rings is 2. The quantitative estimate of drug-likeness (QED) is 0.644. The van der Waals surface area contributed by atoms with Crippen molar-refractivity contribution in [2.24, 2.45) is 11.8 Å². The number of carbonyl (C=O) groups excluding carboxylic acids is 1. The van der Waals surface area contributed by atoms with Crippen LogP contribution in [-0.4, -0.2) is 37.5 Å². The van der Waals surface area contributed by atoms with Gasteiger partial charge in [0.2, 0.25) is 0 Å². The summed E-state index contributed by atoms with van der Waals surface area (Å²) in [6, 6.07) is 16.8. The van der Waals surface area contributed by atoms with Gasteiger partial charge >= 0.3 is 0 Å². The van der Waals surface area contributed by atoms with Gasteiger partial charge in [-0.3, -0.25) is 4.79 Å². The molecule has 0 unspecified atom stereocenters. The molecule has 1 N–H and O–H groups in total. The van der Waals surface area contributed by atoms with Gasteiger partial charge in [0.1, 0.15) is 0 Å². The number of amides is 1. The highest BCUT2D eigenvalue weighted by Crippen LogP contribution is 2.23. The van der Waals surface area contributed by atoms with Crippen molar-refractivity contribution in [3.63, 3.8) is 0 Å². The Morgan fingerprint density at radius 2 is 1.57 bits per heavy atom. The van der Waals surface area contributed by atoms with Crippen LogP contribution in [0.1, 0.15) is 50.0 Å². The molecule has 0 radical (unpaired) electrons. The third kappa shape index (κ3) is 7.12. The van der Waals surface area contributed by atoms with E-state index in [1.807, 2.05) is 32.3 Å². The monoisotopic (exact) mass is 380 g/mol. The predicted molar refractivity (Wildman–Crippen MR) is 120 cm³/mol. The van der Waals surface area contributed by atoms with E-state index in [1.54, 1.807) is 0 Å². The van der Waals surface area contributed by atoms with Crippen LogP contribution in [0.2, 0.25) is 0 Å². The molecule has 0 saturated carbocycles. The zero-order valence-electron chi connectivity index (χ0n) is 18.3. The lowest BCUT2D eigenvalue weighted by molar-refractivity contribution is 0.0924. The van der Waals surface area contributed by atoms with Gasteiger partial charge in [0, 0.05) is 18.2 Å². The Balaban J connectivity index is 2.18. The molecule has 0 aliphatic heterocycles. The SMILES string of the molecule is CC(C)Cc1cccc(-c2cccc(C(=O)N[C@@H](CC(C)C)CN(C)C)c2)c1. The molecule has 1 atom stereocenters. The van der Waals surface area contributed by atoms with E-state index in [0.29, 0.717) is 11.8 Å². The fourth-order valence-corrected chi connectivity index (χ4v) is 3.65. The van der Waals surface area contributed by atoms with Gasteiger partial charge < -0.3 is 10.2 Å². The molecule has 0 spiro atoms. The van der Waals surface area contributed by atoms with Gasteiger partial charge in [0.15, 0.2) is 0 Å². The predicted octanol–water partition coefficient (Wildman–Crippen LogP) is 5.26. The van der Waals surface area contributed by atoms with E-state index in [4.69, 9.17) is 0 Å². The maximum absolute atomic E-state index is 12.9. The van der Waals surface area contributed by atoms with Crippen molar-refractivity contribution < 1.29 is 4.79 Å². The summed E-state index contributed by atoms with van der Waals surface area (Å²) in [6.07, 6.45) is 2.04. The van der Waals surface area contributed by atoms with E-state index in [9.17, 15) is 4.79 Å². The van der Waals surface area contributed by atoms with Crippen molar-refractivity contribution >= 4 is 5.91 Å². The molecular weight excluding hydrogens is 344 g/mol. The number of hydrogen-bond acceptors (Lipinski definition) is 2. The van der Waals surface area contributed by atoms with Crippen LogP contribution in [0.4, 0.5) is 0 Å². The van der Waals surface area contributed by atoms with Crippen LogP contribution in [0.25, 0.3) is 11.1 Å². The van der Waals surface area contributed by atoms with Crippen LogP contribution in [0.3, 0.4) is 0 Å². The molecule has 0 aromatic heterocycles. The van der Waals surface area contributed by atoms with Gasteiger partial charge in [-0.15, -0.1) is 0 Å². The number of rotatable bonds is 9. The van der Waals surface area contributed by atoms with Gasteiger partial charge in [-0.2, -0.15) is 0 Å². The molecular formula is C25H36N2O. The highest BCUT2D eigenvalue weighted by molar-refractivity contribution is 5.95. The molecule has 2 aromatic carbocycles. The zero-order chi connectivity index (χ0) is 20.7. The summed E-state index contributed by atoms with van der Waals surface area (Å²) in [5, 5.41) is 3.23.